The smallest absolute Gasteiger partial charge is 0.232 e. The molecule has 0 saturated heterocycles. The van der Waals surface area contributed by atoms with Gasteiger partial charge in [0.2, 0.25) is 5.91 Å². The lowest BCUT2D eigenvalue weighted by Crippen LogP contribution is -2.41. The Morgan fingerprint density at radius 3 is 1.95 bits per heavy atom. The molecule has 1 amide bonds. The van der Waals surface area contributed by atoms with Gasteiger partial charge in [-0.1, -0.05) is 24.3 Å². The minimum absolute atomic E-state index is 0.181. The van der Waals surface area contributed by atoms with Crippen LogP contribution in [-0.2, 0) is 4.79 Å². The van der Waals surface area contributed by atoms with Crippen molar-refractivity contribution in [3.8, 4) is 0 Å². The summed E-state index contributed by atoms with van der Waals surface area (Å²) in [5.41, 5.74) is 0.414. The van der Waals surface area contributed by atoms with Crippen molar-refractivity contribution in [2.24, 2.45) is 5.41 Å². The molecular weight excluding hydrogens is 266 g/mol. The Kier molecular flexibility index (Phi) is 3.58. The van der Waals surface area contributed by atoms with E-state index < -0.39 is 5.41 Å². The van der Waals surface area contributed by atoms with Crippen molar-refractivity contribution in [2.75, 3.05) is 14.1 Å². The standard InChI is InChI=1S/C17H19NO3/c1-10-13(17(2,3)16(21)18(4)5)15(20)12-9-7-6-8-11(12)14(10)19/h6-9H,1-5H3. The number of amides is 1. The maximum atomic E-state index is 12.8. The molecule has 0 aliphatic heterocycles. The predicted molar refractivity (Wildman–Crippen MR) is 80.3 cm³/mol. The molecule has 4 nitrogen and oxygen atoms in total. The van der Waals surface area contributed by atoms with Crippen molar-refractivity contribution in [3.63, 3.8) is 0 Å². The van der Waals surface area contributed by atoms with Gasteiger partial charge in [0, 0.05) is 36.4 Å². The Morgan fingerprint density at radius 2 is 1.48 bits per heavy atom. The molecule has 0 unspecified atom stereocenters. The van der Waals surface area contributed by atoms with Gasteiger partial charge in [-0.2, -0.15) is 0 Å². The Labute approximate surface area is 124 Å². The fourth-order valence-corrected chi connectivity index (χ4v) is 2.92. The molecule has 0 fully saturated rings. The van der Waals surface area contributed by atoms with Gasteiger partial charge in [-0.3, -0.25) is 14.4 Å². The summed E-state index contributed by atoms with van der Waals surface area (Å²) in [6, 6.07) is 6.75. The third-order valence-corrected chi connectivity index (χ3v) is 3.92. The third-order valence-electron chi connectivity index (χ3n) is 3.92. The maximum absolute atomic E-state index is 12.8. The molecule has 2 rings (SSSR count). The maximum Gasteiger partial charge on any atom is 0.232 e. The largest absolute Gasteiger partial charge is 0.348 e. The number of carbonyl (C=O) groups is 3. The lowest BCUT2D eigenvalue weighted by molar-refractivity contribution is -0.135. The third kappa shape index (κ3) is 2.20. The number of allylic oxidation sites excluding steroid dienone is 1. The summed E-state index contributed by atoms with van der Waals surface area (Å²) in [7, 11) is 3.28. The molecule has 4 heteroatoms. The molecule has 0 aromatic heterocycles. The van der Waals surface area contributed by atoms with Gasteiger partial charge in [0.1, 0.15) is 0 Å². The summed E-state index contributed by atoms with van der Waals surface area (Å²) < 4.78 is 0. The van der Waals surface area contributed by atoms with Gasteiger partial charge in [-0.15, -0.1) is 0 Å². The van der Waals surface area contributed by atoms with Gasteiger partial charge in [0.05, 0.1) is 5.41 Å². The van der Waals surface area contributed by atoms with Crippen LogP contribution >= 0.6 is 0 Å². The lowest BCUT2D eigenvalue weighted by Gasteiger charge is -2.32. The first-order valence-corrected chi connectivity index (χ1v) is 6.81. The molecule has 0 atom stereocenters. The summed E-state index contributed by atoms with van der Waals surface area (Å²) in [6.45, 7) is 5.00. The van der Waals surface area contributed by atoms with Crippen LogP contribution in [-0.4, -0.2) is 36.5 Å². The molecular formula is C17H19NO3. The van der Waals surface area contributed by atoms with E-state index in [4.69, 9.17) is 0 Å². The van der Waals surface area contributed by atoms with E-state index in [1.54, 1.807) is 59.1 Å². The fraction of sp³-hybridized carbons (Fsp3) is 0.353. The highest BCUT2D eigenvalue weighted by Crippen LogP contribution is 2.38. The van der Waals surface area contributed by atoms with Crippen molar-refractivity contribution < 1.29 is 14.4 Å². The molecule has 1 aliphatic carbocycles. The highest BCUT2D eigenvalue weighted by molar-refractivity contribution is 6.28. The molecule has 1 aromatic rings. The van der Waals surface area contributed by atoms with Crippen LogP contribution in [0.3, 0.4) is 0 Å². The van der Waals surface area contributed by atoms with Crippen LogP contribution in [0.5, 0.6) is 0 Å². The molecule has 1 aliphatic rings. The average molecular weight is 285 g/mol. The molecule has 1 aromatic carbocycles. The van der Waals surface area contributed by atoms with Gasteiger partial charge in [-0.05, 0) is 20.8 Å². The van der Waals surface area contributed by atoms with Crippen molar-refractivity contribution in [1.82, 2.24) is 4.90 Å². The summed E-state index contributed by atoms with van der Waals surface area (Å²) in [6.07, 6.45) is 0. The van der Waals surface area contributed by atoms with E-state index in [1.807, 2.05) is 0 Å². The minimum Gasteiger partial charge on any atom is -0.348 e. The molecule has 0 bridgehead atoms. The number of nitrogens with zero attached hydrogens (tertiary/aromatic N) is 1. The number of Topliss-reactive ketones (excluding diaryl/α,β-unsaturated/α-hetero) is 2. The zero-order valence-corrected chi connectivity index (χ0v) is 13.0. The van der Waals surface area contributed by atoms with E-state index in [2.05, 4.69) is 0 Å². The number of carbonyl (C=O) groups excluding carboxylic acids is 3. The van der Waals surface area contributed by atoms with Gasteiger partial charge in [0.15, 0.2) is 11.6 Å². The van der Waals surface area contributed by atoms with E-state index in [9.17, 15) is 14.4 Å². The monoisotopic (exact) mass is 285 g/mol. The number of hydrogen-bond donors (Lipinski definition) is 0. The number of hydrogen-bond acceptors (Lipinski definition) is 3. The van der Waals surface area contributed by atoms with Crippen molar-refractivity contribution in [2.45, 2.75) is 20.8 Å². The summed E-state index contributed by atoms with van der Waals surface area (Å²) >= 11 is 0. The highest BCUT2D eigenvalue weighted by Gasteiger charge is 2.42. The van der Waals surface area contributed by atoms with Crippen molar-refractivity contribution in [3.05, 3.63) is 46.5 Å². The summed E-state index contributed by atoms with van der Waals surface area (Å²) in [4.78, 5) is 39.1. The summed E-state index contributed by atoms with van der Waals surface area (Å²) in [5, 5.41) is 0. The average Bonchev–Trinajstić information content (AvgIpc) is 2.44. The van der Waals surface area contributed by atoms with Crippen LogP contribution in [0.2, 0.25) is 0 Å². The molecule has 0 saturated carbocycles. The molecule has 0 N–H and O–H groups in total. The van der Waals surface area contributed by atoms with Crippen LogP contribution in [0.25, 0.3) is 0 Å². The lowest BCUT2D eigenvalue weighted by atomic mass is 9.72. The van der Waals surface area contributed by atoms with Gasteiger partial charge in [0.25, 0.3) is 0 Å². The summed E-state index contributed by atoms with van der Waals surface area (Å²) in [5.74, 6) is -0.611. The van der Waals surface area contributed by atoms with E-state index >= 15 is 0 Å². The molecule has 110 valence electrons. The number of ketones is 2. The van der Waals surface area contributed by atoms with Gasteiger partial charge >= 0.3 is 0 Å². The minimum atomic E-state index is -1.03. The molecule has 0 spiro atoms. The second-order valence-electron chi connectivity index (χ2n) is 6.03. The Morgan fingerprint density at radius 1 is 1.00 bits per heavy atom. The second-order valence-corrected chi connectivity index (χ2v) is 6.03. The van der Waals surface area contributed by atoms with E-state index in [1.165, 1.54) is 4.90 Å². The first-order valence-electron chi connectivity index (χ1n) is 6.81. The Bertz CT molecular complexity index is 681. The van der Waals surface area contributed by atoms with E-state index in [0.29, 0.717) is 22.3 Å². The Balaban J connectivity index is 2.65. The van der Waals surface area contributed by atoms with Crippen molar-refractivity contribution in [1.29, 1.82) is 0 Å². The topological polar surface area (TPSA) is 54.5 Å². The molecule has 0 heterocycles. The van der Waals surface area contributed by atoms with Gasteiger partial charge in [-0.25, -0.2) is 0 Å². The second kappa shape index (κ2) is 4.95. The van der Waals surface area contributed by atoms with E-state index in [-0.39, 0.29) is 17.5 Å². The highest BCUT2D eigenvalue weighted by atomic mass is 16.2. The van der Waals surface area contributed by atoms with Crippen LogP contribution in [0.15, 0.2) is 35.4 Å². The number of benzene rings is 1. The molecule has 21 heavy (non-hydrogen) atoms. The van der Waals surface area contributed by atoms with E-state index in [0.717, 1.165) is 0 Å². The number of fused-ring (bicyclic) bond motifs is 1. The zero-order valence-electron chi connectivity index (χ0n) is 13.0. The molecule has 0 radical (unpaired) electrons. The zero-order chi connectivity index (χ0) is 15.9. The van der Waals surface area contributed by atoms with Crippen molar-refractivity contribution >= 4 is 17.5 Å². The Hall–Kier alpha value is -2.23. The normalized spacial score (nSPS) is 15.1. The van der Waals surface area contributed by atoms with Crippen LogP contribution in [0.1, 0.15) is 41.5 Å². The first-order chi connectivity index (χ1) is 9.69. The predicted octanol–water partition coefficient (Wildman–Crippen LogP) is 2.50. The number of rotatable bonds is 2. The van der Waals surface area contributed by atoms with Crippen LogP contribution in [0.4, 0.5) is 0 Å². The first kappa shape index (κ1) is 15.2. The quantitative estimate of drug-likeness (QED) is 0.839. The van der Waals surface area contributed by atoms with Gasteiger partial charge < -0.3 is 4.90 Å². The SMILES string of the molecule is CC1=C(C(C)(C)C(=O)N(C)C)C(=O)c2ccccc2C1=O. The van der Waals surface area contributed by atoms with Crippen LogP contribution in [0, 0.1) is 5.41 Å². The fourth-order valence-electron chi connectivity index (χ4n) is 2.92. The van der Waals surface area contributed by atoms with Crippen LogP contribution < -0.4 is 0 Å².